The fourth-order valence-electron chi connectivity index (χ4n) is 1.82. The summed E-state index contributed by atoms with van der Waals surface area (Å²) in [7, 11) is 0. The van der Waals surface area contributed by atoms with Crippen molar-refractivity contribution in [1.82, 2.24) is 0 Å². The molecule has 2 nitrogen and oxygen atoms in total. The molecule has 0 bridgehead atoms. The van der Waals surface area contributed by atoms with Crippen LogP contribution in [0.5, 0.6) is 0 Å². The molecule has 6 heteroatoms. The van der Waals surface area contributed by atoms with Crippen LogP contribution in [0.25, 0.3) is 0 Å². The van der Waals surface area contributed by atoms with Crippen LogP contribution in [0.15, 0.2) is 36.4 Å². The van der Waals surface area contributed by atoms with E-state index in [9.17, 15) is 13.2 Å². The van der Waals surface area contributed by atoms with Gasteiger partial charge in [0, 0.05) is 5.69 Å². The molecule has 2 aromatic rings. The summed E-state index contributed by atoms with van der Waals surface area (Å²) in [6.07, 6.45) is -4.43. The number of alkyl halides is 3. The van der Waals surface area contributed by atoms with Crippen LogP contribution >= 0.6 is 11.6 Å². The van der Waals surface area contributed by atoms with Gasteiger partial charge in [-0.1, -0.05) is 11.6 Å². The number of rotatable bonds is 2. The monoisotopic (exact) mass is 310 g/mol. The fraction of sp³-hybridized carbons (Fsp3) is 0.133. The molecule has 21 heavy (non-hydrogen) atoms. The standard InChI is InChI=1S/C15H10ClF3N2/c1-9-6-12(4-2-10(9)8-20)21-14-7-11(15(17,18)19)3-5-13(14)16/h2-7,21H,1H3. The van der Waals surface area contributed by atoms with Gasteiger partial charge in [0.05, 0.1) is 27.9 Å². The molecule has 0 unspecified atom stereocenters. The van der Waals surface area contributed by atoms with Gasteiger partial charge in [0.25, 0.3) is 0 Å². The fourth-order valence-corrected chi connectivity index (χ4v) is 1.98. The van der Waals surface area contributed by atoms with Gasteiger partial charge in [-0.05, 0) is 48.9 Å². The first kappa shape index (κ1) is 15.2. The van der Waals surface area contributed by atoms with Crippen molar-refractivity contribution < 1.29 is 13.2 Å². The minimum atomic E-state index is -4.43. The second kappa shape index (κ2) is 5.66. The van der Waals surface area contributed by atoms with Crippen molar-refractivity contribution in [1.29, 1.82) is 5.26 Å². The first-order valence-corrected chi connectivity index (χ1v) is 6.33. The molecule has 0 amide bonds. The molecule has 0 spiro atoms. The summed E-state index contributed by atoms with van der Waals surface area (Å²) in [5, 5.41) is 11.9. The minimum absolute atomic E-state index is 0.163. The lowest BCUT2D eigenvalue weighted by Crippen LogP contribution is -2.05. The van der Waals surface area contributed by atoms with Crippen LogP contribution in [0.1, 0.15) is 16.7 Å². The van der Waals surface area contributed by atoms with Gasteiger partial charge in [-0.3, -0.25) is 0 Å². The van der Waals surface area contributed by atoms with Gasteiger partial charge in [-0.2, -0.15) is 18.4 Å². The van der Waals surface area contributed by atoms with E-state index in [-0.39, 0.29) is 10.7 Å². The molecule has 1 N–H and O–H groups in total. The molecule has 0 atom stereocenters. The highest BCUT2D eigenvalue weighted by Crippen LogP contribution is 2.35. The number of hydrogen-bond acceptors (Lipinski definition) is 2. The molecule has 108 valence electrons. The molecule has 0 heterocycles. The summed E-state index contributed by atoms with van der Waals surface area (Å²) in [5.74, 6) is 0. The van der Waals surface area contributed by atoms with Crippen molar-refractivity contribution in [2.75, 3.05) is 5.32 Å². The van der Waals surface area contributed by atoms with Gasteiger partial charge < -0.3 is 5.32 Å². The maximum absolute atomic E-state index is 12.7. The van der Waals surface area contributed by atoms with E-state index >= 15 is 0 Å². The highest BCUT2D eigenvalue weighted by molar-refractivity contribution is 6.33. The maximum Gasteiger partial charge on any atom is 0.416 e. The first-order valence-electron chi connectivity index (χ1n) is 5.96. The Morgan fingerprint density at radius 3 is 2.43 bits per heavy atom. The van der Waals surface area contributed by atoms with Crippen molar-refractivity contribution in [2.45, 2.75) is 13.1 Å². The van der Waals surface area contributed by atoms with E-state index in [2.05, 4.69) is 5.32 Å². The van der Waals surface area contributed by atoms with Crippen LogP contribution in [0, 0.1) is 18.3 Å². The van der Waals surface area contributed by atoms with E-state index < -0.39 is 11.7 Å². The number of nitriles is 1. The van der Waals surface area contributed by atoms with E-state index in [1.807, 2.05) is 6.07 Å². The Bertz CT molecular complexity index is 718. The second-order valence-electron chi connectivity index (χ2n) is 4.46. The summed E-state index contributed by atoms with van der Waals surface area (Å²) in [4.78, 5) is 0. The van der Waals surface area contributed by atoms with Gasteiger partial charge in [-0.25, -0.2) is 0 Å². The van der Waals surface area contributed by atoms with E-state index in [0.717, 1.165) is 17.7 Å². The van der Waals surface area contributed by atoms with E-state index in [0.29, 0.717) is 11.3 Å². The van der Waals surface area contributed by atoms with Crippen LogP contribution in [-0.2, 0) is 6.18 Å². The molecular formula is C15H10ClF3N2. The van der Waals surface area contributed by atoms with Crippen molar-refractivity contribution in [3.05, 3.63) is 58.1 Å². The number of halogens is 4. The zero-order valence-corrected chi connectivity index (χ0v) is 11.7. The van der Waals surface area contributed by atoms with Gasteiger partial charge >= 0.3 is 6.18 Å². The third-order valence-electron chi connectivity index (χ3n) is 2.92. The maximum atomic E-state index is 12.7. The van der Waals surface area contributed by atoms with Crippen LogP contribution in [0.2, 0.25) is 5.02 Å². The average molecular weight is 311 g/mol. The molecule has 0 saturated carbocycles. The number of nitrogens with one attached hydrogen (secondary N) is 1. The lowest BCUT2D eigenvalue weighted by atomic mass is 10.1. The summed E-state index contributed by atoms with van der Waals surface area (Å²) >= 11 is 5.91. The smallest absolute Gasteiger partial charge is 0.354 e. The quantitative estimate of drug-likeness (QED) is 0.819. The molecule has 0 aliphatic carbocycles. The van der Waals surface area contributed by atoms with Gasteiger partial charge in [-0.15, -0.1) is 0 Å². The Hall–Kier alpha value is -2.19. The van der Waals surface area contributed by atoms with E-state index in [4.69, 9.17) is 16.9 Å². The predicted molar refractivity (Wildman–Crippen MR) is 75.6 cm³/mol. The molecule has 0 aromatic heterocycles. The molecule has 2 rings (SSSR count). The number of anilines is 2. The van der Waals surface area contributed by atoms with Crippen molar-refractivity contribution in [3.63, 3.8) is 0 Å². The van der Waals surface area contributed by atoms with Gasteiger partial charge in [0.1, 0.15) is 0 Å². The van der Waals surface area contributed by atoms with Crippen molar-refractivity contribution in [3.8, 4) is 6.07 Å². The Labute approximate surface area is 124 Å². The van der Waals surface area contributed by atoms with Crippen LogP contribution in [0.3, 0.4) is 0 Å². The molecule has 0 fully saturated rings. The van der Waals surface area contributed by atoms with Crippen LogP contribution in [0.4, 0.5) is 24.5 Å². The Balaban J connectivity index is 2.35. The third-order valence-corrected chi connectivity index (χ3v) is 3.25. The van der Waals surface area contributed by atoms with Crippen LogP contribution < -0.4 is 5.32 Å². The lowest BCUT2D eigenvalue weighted by molar-refractivity contribution is -0.137. The Morgan fingerprint density at radius 1 is 1.14 bits per heavy atom. The number of nitrogens with zero attached hydrogens (tertiary/aromatic N) is 1. The Kier molecular flexibility index (Phi) is 4.10. The molecular weight excluding hydrogens is 301 g/mol. The largest absolute Gasteiger partial charge is 0.416 e. The minimum Gasteiger partial charge on any atom is -0.354 e. The highest BCUT2D eigenvalue weighted by atomic mass is 35.5. The van der Waals surface area contributed by atoms with Crippen molar-refractivity contribution >= 4 is 23.0 Å². The topological polar surface area (TPSA) is 35.8 Å². The van der Waals surface area contributed by atoms with Crippen LogP contribution in [-0.4, -0.2) is 0 Å². The lowest BCUT2D eigenvalue weighted by Gasteiger charge is -2.13. The second-order valence-corrected chi connectivity index (χ2v) is 4.87. The Morgan fingerprint density at radius 2 is 1.86 bits per heavy atom. The molecule has 0 aliphatic heterocycles. The predicted octanol–water partition coefficient (Wildman–Crippen LogP) is 5.28. The van der Waals surface area contributed by atoms with E-state index in [1.54, 1.807) is 25.1 Å². The average Bonchev–Trinajstić information content (AvgIpc) is 2.40. The van der Waals surface area contributed by atoms with Gasteiger partial charge in [0.15, 0.2) is 0 Å². The molecule has 2 aromatic carbocycles. The summed E-state index contributed by atoms with van der Waals surface area (Å²) in [5.41, 5.74) is 1.18. The van der Waals surface area contributed by atoms with Gasteiger partial charge in [0.2, 0.25) is 0 Å². The summed E-state index contributed by atoms with van der Waals surface area (Å²) < 4.78 is 38.1. The first-order chi connectivity index (χ1) is 9.81. The third kappa shape index (κ3) is 3.47. The number of aryl methyl sites for hydroxylation is 1. The number of hydrogen-bond donors (Lipinski definition) is 1. The molecule has 0 saturated heterocycles. The zero-order valence-electron chi connectivity index (χ0n) is 10.9. The summed E-state index contributed by atoms with van der Waals surface area (Å²) in [6, 6.07) is 9.99. The highest BCUT2D eigenvalue weighted by Gasteiger charge is 2.30. The normalized spacial score (nSPS) is 11.0. The zero-order chi connectivity index (χ0) is 15.6. The van der Waals surface area contributed by atoms with E-state index in [1.165, 1.54) is 6.07 Å². The number of benzene rings is 2. The summed E-state index contributed by atoms with van der Waals surface area (Å²) in [6.45, 7) is 1.75. The van der Waals surface area contributed by atoms with Crippen molar-refractivity contribution in [2.24, 2.45) is 0 Å². The SMILES string of the molecule is Cc1cc(Nc2cc(C(F)(F)F)ccc2Cl)ccc1C#N. The molecule has 0 radical (unpaired) electrons. The molecule has 0 aliphatic rings.